The molecule has 0 aromatic heterocycles. The third-order valence-electron chi connectivity index (χ3n) is 6.29. The number of carbonyl (C=O) groups excluding carboxylic acids is 2. The lowest BCUT2D eigenvalue weighted by Gasteiger charge is -2.37. The standard InChI is InChI=1S/C25H29ClFN5O3S/c1-3-17-4-5-18(12-21(17)26)29-24(36)31-10-8-30(9-11-31)23-7-6-19(13-22(23)27)32-15-20(35-25(32)34)14-28-16(2)33/h4-7,12-13,20H,3,8-11,14-15H2,1-2H3,(H,28,33)(H,29,36)/t20-/m0/s1. The molecule has 2 aromatic carbocycles. The maximum Gasteiger partial charge on any atom is 0.414 e. The monoisotopic (exact) mass is 533 g/mol. The molecule has 2 amide bonds. The molecule has 8 nitrogen and oxygen atoms in total. The number of benzene rings is 2. The summed E-state index contributed by atoms with van der Waals surface area (Å²) in [4.78, 5) is 28.7. The highest BCUT2D eigenvalue weighted by molar-refractivity contribution is 7.80. The molecule has 36 heavy (non-hydrogen) atoms. The molecule has 2 aliphatic heterocycles. The van der Waals surface area contributed by atoms with Gasteiger partial charge in [-0.25, -0.2) is 9.18 Å². The second-order valence-electron chi connectivity index (χ2n) is 8.75. The minimum absolute atomic E-state index is 0.202. The summed E-state index contributed by atoms with van der Waals surface area (Å²) in [6.45, 7) is 6.38. The Kier molecular flexibility index (Phi) is 8.15. The molecule has 2 heterocycles. The second-order valence-corrected chi connectivity index (χ2v) is 9.55. The zero-order chi connectivity index (χ0) is 25.8. The SMILES string of the molecule is CCc1ccc(NC(=S)N2CCN(c3ccc(N4C[C@H](CNC(C)=O)OC4=O)cc3F)CC2)cc1Cl. The summed E-state index contributed by atoms with van der Waals surface area (Å²) in [7, 11) is 0. The van der Waals surface area contributed by atoms with E-state index in [1.807, 2.05) is 23.1 Å². The van der Waals surface area contributed by atoms with Crippen LogP contribution in [0.15, 0.2) is 36.4 Å². The molecular formula is C25H29ClFN5O3S. The van der Waals surface area contributed by atoms with Crippen molar-refractivity contribution in [1.82, 2.24) is 10.2 Å². The van der Waals surface area contributed by atoms with Gasteiger partial charge >= 0.3 is 6.09 Å². The summed E-state index contributed by atoms with van der Waals surface area (Å²) in [6, 6.07) is 10.6. The molecule has 11 heteroatoms. The van der Waals surface area contributed by atoms with E-state index in [-0.39, 0.29) is 19.0 Å². The fraction of sp³-hybridized carbons (Fsp3) is 0.400. The van der Waals surface area contributed by atoms with Gasteiger partial charge in [-0.15, -0.1) is 0 Å². The van der Waals surface area contributed by atoms with Crippen LogP contribution in [-0.2, 0) is 16.0 Å². The van der Waals surface area contributed by atoms with Crippen LogP contribution < -0.4 is 20.4 Å². The smallest absolute Gasteiger partial charge is 0.414 e. The number of ether oxygens (including phenoxy) is 1. The average molecular weight is 534 g/mol. The molecule has 0 saturated carbocycles. The number of thiocarbonyl (C=S) groups is 1. The van der Waals surface area contributed by atoms with E-state index >= 15 is 4.39 Å². The molecule has 0 radical (unpaired) electrons. The molecule has 1 atom stereocenters. The number of cyclic esters (lactones) is 1. The second kappa shape index (κ2) is 11.3. The van der Waals surface area contributed by atoms with Gasteiger partial charge in [0, 0.05) is 43.8 Å². The highest BCUT2D eigenvalue weighted by Gasteiger charge is 2.33. The van der Waals surface area contributed by atoms with E-state index in [9.17, 15) is 9.59 Å². The number of hydrogen-bond acceptors (Lipinski definition) is 5. The van der Waals surface area contributed by atoms with Gasteiger partial charge in [0.25, 0.3) is 0 Å². The van der Waals surface area contributed by atoms with E-state index in [0.717, 1.165) is 17.7 Å². The Bertz CT molecular complexity index is 1160. The number of aryl methyl sites for hydroxylation is 1. The van der Waals surface area contributed by atoms with Crippen LogP contribution in [0.5, 0.6) is 0 Å². The van der Waals surface area contributed by atoms with Crippen LogP contribution in [-0.4, -0.2) is 67.4 Å². The van der Waals surface area contributed by atoms with E-state index < -0.39 is 18.0 Å². The Labute approximate surface area is 220 Å². The summed E-state index contributed by atoms with van der Waals surface area (Å²) < 4.78 is 20.3. The summed E-state index contributed by atoms with van der Waals surface area (Å²) in [5.74, 6) is -0.614. The number of hydrogen-bond donors (Lipinski definition) is 2. The highest BCUT2D eigenvalue weighted by atomic mass is 35.5. The van der Waals surface area contributed by atoms with Gasteiger partial charge in [-0.2, -0.15) is 0 Å². The van der Waals surface area contributed by atoms with Crippen molar-refractivity contribution >= 4 is 58.0 Å². The van der Waals surface area contributed by atoms with Crippen LogP contribution in [0.25, 0.3) is 0 Å². The first kappa shape index (κ1) is 26.0. The fourth-order valence-corrected chi connectivity index (χ4v) is 4.90. The predicted octanol–water partition coefficient (Wildman–Crippen LogP) is 4.02. The van der Waals surface area contributed by atoms with Gasteiger partial charge in [-0.05, 0) is 54.5 Å². The van der Waals surface area contributed by atoms with Gasteiger partial charge in [-0.1, -0.05) is 24.6 Å². The number of rotatable bonds is 6. The Morgan fingerprint density at radius 2 is 1.94 bits per heavy atom. The van der Waals surface area contributed by atoms with Crippen molar-refractivity contribution in [3.63, 3.8) is 0 Å². The Balaban J connectivity index is 1.33. The molecular weight excluding hydrogens is 505 g/mol. The third-order valence-corrected chi connectivity index (χ3v) is 7.00. The Morgan fingerprint density at radius 1 is 1.19 bits per heavy atom. The molecule has 0 bridgehead atoms. The maximum absolute atomic E-state index is 15.1. The van der Waals surface area contributed by atoms with Crippen molar-refractivity contribution in [3.8, 4) is 0 Å². The molecule has 2 aliphatic rings. The van der Waals surface area contributed by atoms with Gasteiger partial charge in [0.15, 0.2) is 5.11 Å². The minimum atomic E-state index is -0.558. The largest absolute Gasteiger partial charge is 0.442 e. The van der Waals surface area contributed by atoms with Crippen molar-refractivity contribution in [3.05, 3.63) is 52.8 Å². The molecule has 0 unspecified atom stereocenters. The van der Waals surface area contributed by atoms with Crippen LogP contribution in [0.1, 0.15) is 19.4 Å². The molecule has 0 aliphatic carbocycles. The van der Waals surface area contributed by atoms with Gasteiger partial charge in [-0.3, -0.25) is 9.69 Å². The van der Waals surface area contributed by atoms with Gasteiger partial charge < -0.3 is 25.2 Å². The molecule has 2 fully saturated rings. The van der Waals surface area contributed by atoms with Crippen molar-refractivity contribution in [1.29, 1.82) is 0 Å². The number of nitrogens with one attached hydrogen (secondary N) is 2. The number of carbonyl (C=O) groups is 2. The van der Waals surface area contributed by atoms with Crippen molar-refractivity contribution in [2.75, 3.05) is 54.4 Å². The van der Waals surface area contributed by atoms with E-state index in [2.05, 4.69) is 22.5 Å². The zero-order valence-electron chi connectivity index (χ0n) is 20.2. The quantitative estimate of drug-likeness (QED) is 0.543. The van der Waals surface area contributed by atoms with Crippen molar-refractivity contribution in [2.24, 2.45) is 0 Å². The summed E-state index contributed by atoms with van der Waals surface area (Å²) >= 11 is 11.9. The lowest BCUT2D eigenvalue weighted by Crippen LogP contribution is -2.50. The van der Waals surface area contributed by atoms with E-state index in [1.54, 1.807) is 12.1 Å². The number of halogens is 2. The van der Waals surface area contributed by atoms with Crippen LogP contribution >= 0.6 is 23.8 Å². The van der Waals surface area contributed by atoms with E-state index in [1.165, 1.54) is 17.9 Å². The third kappa shape index (κ3) is 5.99. The topological polar surface area (TPSA) is 77.2 Å². The zero-order valence-corrected chi connectivity index (χ0v) is 21.8. The number of amides is 2. The summed E-state index contributed by atoms with van der Waals surface area (Å²) in [5, 5.41) is 7.18. The average Bonchev–Trinajstić information content (AvgIpc) is 3.23. The van der Waals surface area contributed by atoms with E-state index in [4.69, 9.17) is 28.6 Å². The summed E-state index contributed by atoms with van der Waals surface area (Å²) in [6.07, 6.45) is -0.169. The van der Waals surface area contributed by atoms with Gasteiger partial charge in [0.2, 0.25) is 5.91 Å². The molecule has 4 rings (SSSR count). The van der Waals surface area contributed by atoms with Crippen LogP contribution in [0.4, 0.5) is 26.2 Å². The maximum atomic E-state index is 15.1. The highest BCUT2D eigenvalue weighted by Crippen LogP contribution is 2.29. The van der Waals surface area contributed by atoms with Crippen LogP contribution in [0, 0.1) is 5.82 Å². The molecule has 0 spiro atoms. The molecule has 2 aromatic rings. The normalized spacial score (nSPS) is 17.7. The van der Waals surface area contributed by atoms with Gasteiger partial charge in [0.1, 0.15) is 11.9 Å². The molecule has 2 saturated heterocycles. The number of piperazine rings is 1. The van der Waals surface area contributed by atoms with Crippen LogP contribution in [0.3, 0.4) is 0 Å². The van der Waals surface area contributed by atoms with E-state index in [0.29, 0.717) is 47.7 Å². The first-order valence-corrected chi connectivity index (χ1v) is 12.6. The van der Waals surface area contributed by atoms with Crippen molar-refractivity contribution < 1.29 is 18.7 Å². The fourth-order valence-electron chi connectivity index (χ4n) is 4.28. The predicted molar refractivity (Wildman–Crippen MR) is 144 cm³/mol. The van der Waals surface area contributed by atoms with Crippen LogP contribution in [0.2, 0.25) is 5.02 Å². The summed E-state index contributed by atoms with van der Waals surface area (Å²) in [5.41, 5.74) is 2.82. The lowest BCUT2D eigenvalue weighted by atomic mass is 10.1. The first-order valence-electron chi connectivity index (χ1n) is 11.9. The first-order chi connectivity index (χ1) is 17.2. The van der Waals surface area contributed by atoms with Gasteiger partial charge in [0.05, 0.1) is 24.5 Å². The number of anilines is 3. The Hall–Kier alpha value is -3.11. The Morgan fingerprint density at radius 3 is 2.58 bits per heavy atom. The number of nitrogens with zero attached hydrogens (tertiary/aromatic N) is 3. The minimum Gasteiger partial charge on any atom is -0.442 e. The lowest BCUT2D eigenvalue weighted by molar-refractivity contribution is -0.119. The van der Waals surface area contributed by atoms with Crippen molar-refractivity contribution in [2.45, 2.75) is 26.4 Å². The molecule has 2 N–H and O–H groups in total. The molecule has 192 valence electrons.